The van der Waals surface area contributed by atoms with E-state index in [0.29, 0.717) is 25.4 Å². The molecule has 0 spiro atoms. The molecule has 0 aliphatic carbocycles. The van der Waals surface area contributed by atoms with Crippen LogP contribution in [0.4, 0.5) is 0 Å². The number of nitrogens with zero attached hydrogens (tertiary/aromatic N) is 1. The van der Waals surface area contributed by atoms with Crippen LogP contribution in [-0.4, -0.2) is 55.9 Å². The largest absolute Gasteiger partial charge is 0.484 e. The standard InChI is InChI=1S/C15H23NO4/c1-12-4-5-14(10-13(12)2)20-11-15(18)16(6-8-17)7-9-19-3/h4-5,10,17H,6-9,11H2,1-3H3. The third kappa shape index (κ3) is 5.19. The second-order valence-corrected chi connectivity index (χ2v) is 4.63. The molecule has 0 aliphatic rings. The van der Waals surface area contributed by atoms with Crippen LogP contribution in [-0.2, 0) is 9.53 Å². The number of hydrogen-bond donors (Lipinski definition) is 1. The molecule has 0 saturated heterocycles. The Balaban J connectivity index is 2.52. The molecule has 5 heteroatoms. The molecule has 112 valence electrons. The second kappa shape index (κ2) is 8.55. The summed E-state index contributed by atoms with van der Waals surface area (Å²) in [6.07, 6.45) is 0. The first-order chi connectivity index (χ1) is 9.58. The summed E-state index contributed by atoms with van der Waals surface area (Å²) in [5.41, 5.74) is 2.31. The molecule has 0 heterocycles. The van der Waals surface area contributed by atoms with Crippen LogP contribution in [0, 0.1) is 13.8 Å². The average Bonchev–Trinajstić information content (AvgIpc) is 2.44. The number of hydrogen-bond acceptors (Lipinski definition) is 4. The van der Waals surface area contributed by atoms with Crippen molar-refractivity contribution in [3.8, 4) is 5.75 Å². The maximum atomic E-state index is 12.0. The van der Waals surface area contributed by atoms with Crippen molar-refractivity contribution in [1.82, 2.24) is 4.90 Å². The number of ether oxygens (including phenoxy) is 2. The second-order valence-electron chi connectivity index (χ2n) is 4.63. The van der Waals surface area contributed by atoms with E-state index in [1.54, 1.807) is 7.11 Å². The Kier molecular flexibility index (Phi) is 7.04. The summed E-state index contributed by atoms with van der Waals surface area (Å²) in [6.45, 7) is 5.10. The molecule has 1 aromatic rings. The lowest BCUT2D eigenvalue weighted by Gasteiger charge is -2.21. The van der Waals surface area contributed by atoms with E-state index in [0.717, 1.165) is 5.56 Å². The van der Waals surface area contributed by atoms with Gasteiger partial charge in [0, 0.05) is 20.2 Å². The van der Waals surface area contributed by atoms with Gasteiger partial charge in [-0.2, -0.15) is 0 Å². The van der Waals surface area contributed by atoms with Crippen LogP contribution in [0.25, 0.3) is 0 Å². The summed E-state index contributed by atoms with van der Waals surface area (Å²) in [4.78, 5) is 13.5. The SMILES string of the molecule is COCCN(CCO)C(=O)COc1ccc(C)c(C)c1. The molecular formula is C15H23NO4. The van der Waals surface area contributed by atoms with Gasteiger partial charge in [0.05, 0.1) is 13.2 Å². The van der Waals surface area contributed by atoms with E-state index >= 15 is 0 Å². The number of aryl methyl sites for hydroxylation is 2. The lowest BCUT2D eigenvalue weighted by molar-refractivity contribution is -0.134. The third-order valence-electron chi connectivity index (χ3n) is 3.13. The zero-order valence-corrected chi connectivity index (χ0v) is 12.4. The minimum atomic E-state index is -0.158. The van der Waals surface area contributed by atoms with Crippen molar-refractivity contribution in [3.05, 3.63) is 29.3 Å². The molecule has 0 unspecified atom stereocenters. The van der Waals surface area contributed by atoms with E-state index in [9.17, 15) is 4.79 Å². The first kappa shape index (κ1) is 16.5. The first-order valence-corrected chi connectivity index (χ1v) is 6.66. The highest BCUT2D eigenvalue weighted by Gasteiger charge is 2.13. The Bertz CT molecular complexity index is 434. The number of aliphatic hydroxyl groups excluding tert-OH is 1. The molecule has 1 aromatic carbocycles. The fourth-order valence-electron chi connectivity index (χ4n) is 1.72. The maximum Gasteiger partial charge on any atom is 0.260 e. The molecule has 5 nitrogen and oxygen atoms in total. The van der Waals surface area contributed by atoms with Gasteiger partial charge in [-0.1, -0.05) is 6.07 Å². The van der Waals surface area contributed by atoms with Gasteiger partial charge < -0.3 is 19.5 Å². The molecule has 1 amide bonds. The summed E-state index contributed by atoms with van der Waals surface area (Å²) in [5.74, 6) is 0.520. The van der Waals surface area contributed by atoms with Crippen LogP contribution in [0.2, 0.25) is 0 Å². The van der Waals surface area contributed by atoms with E-state index in [1.807, 2.05) is 32.0 Å². The highest BCUT2D eigenvalue weighted by Crippen LogP contribution is 2.16. The van der Waals surface area contributed by atoms with Gasteiger partial charge in [-0.15, -0.1) is 0 Å². The number of rotatable bonds is 8. The molecule has 0 atom stereocenters. The van der Waals surface area contributed by atoms with Gasteiger partial charge in [-0.05, 0) is 37.1 Å². The molecule has 0 radical (unpaired) electrons. The molecule has 0 saturated carbocycles. The van der Waals surface area contributed by atoms with E-state index < -0.39 is 0 Å². The Morgan fingerprint density at radius 2 is 2.00 bits per heavy atom. The number of benzene rings is 1. The Morgan fingerprint density at radius 3 is 2.60 bits per heavy atom. The fraction of sp³-hybridized carbons (Fsp3) is 0.533. The quantitative estimate of drug-likeness (QED) is 0.776. The van der Waals surface area contributed by atoms with Crippen LogP contribution >= 0.6 is 0 Å². The number of aliphatic hydroxyl groups is 1. The van der Waals surface area contributed by atoms with Crippen molar-refractivity contribution in [1.29, 1.82) is 0 Å². The van der Waals surface area contributed by atoms with Gasteiger partial charge in [0.25, 0.3) is 5.91 Å². The van der Waals surface area contributed by atoms with Crippen molar-refractivity contribution >= 4 is 5.91 Å². The number of methoxy groups -OCH3 is 1. The summed E-state index contributed by atoms with van der Waals surface area (Å²) < 4.78 is 10.4. The van der Waals surface area contributed by atoms with E-state index in [-0.39, 0.29) is 19.1 Å². The number of amides is 1. The minimum absolute atomic E-state index is 0.0355. The van der Waals surface area contributed by atoms with Crippen molar-refractivity contribution < 1.29 is 19.4 Å². The summed E-state index contributed by atoms with van der Waals surface area (Å²) >= 11 is 0. The maximum absolute atomic E-state index is 12.0. The number of carbonyl (C=O) groups excluding carboxylic acids is 1. The van der Waals surface area contributed by atoms with Crippen molar-refractivity contribution in [2.45, 2.75) is 13.8 Å². The van der Waals surface area contributed by atoms with Gasteiger partial charge >= 0.3 is 0 Å². The van der Waals surface area contributed by atoms with Crippen molar-refractivity contribution in [2.75, 3.05) is 40.0 Å². The molecule has 0 bridgehead atoms. The van der Waals surface area contributed by atoms with Gasteiger partial charge in [0.15, 0.2) is 6.61 Å². The molecule has 1 rings (SSSR count). The normalized spacial score (nSPS) is 10.4. The molecule has 0 aliphatic heterocycles. The molecular weight excluding hydrogens is 258 g/mol. The van der Waals surface area contributed by atoms with Crippen molar-refractivity contribution in [2.24, 2.45) is 0 Å². The van der Waals surface area contributed by atoms with Gasteiger partial charge in [0.1, 0.15) is 5.75 Å². The smallest absolute Gasteiger partial charge is 0.260 e. The first-order valence-electron chi connectivity index (χ1n) is 6.66. The topological polar surface area (TPSA) is 59.0 Å². The van der Waals surface area contributed by atoms with Crippen LogP contribution in [0.5, 0.6) is 5.75 Å². The van der Waals surface area contributed by atoms with E-state index in [1.165, 1.54) is 10.5 Å². The van der Waals surface area contributed by atoms with Crippen LogP contribution < -0.4 is 4.74 Å². The zero-order valence-electron chi connectivity index (χ0n) is 12.4. The molecule has 1 N–H and O–H groups in total. The lowest BCUT2D eigenvalue weighted by Crippen LogP contribution is -2.39. The van der Waals surface area contributed by atoms with E-state index in [4.69, 9.17) is 14.6 Å². The predicted molar refractivity (Wildman–Crippen MR) is 77.0 cm³/mol. The Morgan fingerprint density at radius 1 is 1.25 bits per heavy atom. The highest BCUT2D eigenvalue weighted by atomic mass is 16.5. The van der Waals surface area contributed by atoms with Crippen LogP contribution in [0.3, 0.4) is 0 Å². The zero-order chi connectivity index (χ0) is 15.0. The highest BCUT2D eigenvalue weighted by molar-refractivity contribution is 5.77. The van der Waals surface area contributed by atoms with Gasteiger partial charge in [-0.3, -0.25) is 4.79 Å². The van der Waals surface area contributed by atoms with E-state index in [2.05, 4.69) is 0 Å². The monoisotopic (exact) mass is 281 g/mol. The van der Waals surface area contributed by atoms with Gasteiger partial charge in [0.2, 0.25) is 0 Å². The van der Waals surface area contributed by atoms with Gasteiger partial charge in [-0.25, -0.2) is 0 Å². The Hall–Kier alpha value is -1.59. The molecule has 20 heavy (non-hydrogen) atoms. The molecule has 0 fully saturated rings. The average molecular weight is 281 g/mol. The van der Waals surface area contributed by atoms with Crippen LogP contribution in [0.1, 0.15) is 11.1 Å². The molecule has 0 aromatic heterocycles. The summed E-state index contributed by atoms with van der Waals surface area (Å²) in [6, 6.07) is 5.72. The summed E-state index contributed by atoms with van der Waals surface area (Å²) in [5, 5.41) is 8.96. The predicted octanol–water partition coefficient (Wildman–Crippen LogP) is 1.15. The Labute approximate surface area is 120 Å². The number of carbonyl (C=O) groups is 1. The van der Waals surface area contributed by atoms with Crippen molar-refractivity contribution in [3.63, 3.8) is 0 Å². The fourth-order valence-corrected chi connectivity index (χ4v) is 1.72. The third-order valence-corrected chi connectivity index (χ3v) is 3.13. The minimum Gasteiger partial charge on any atom is -0.484 e. The van der Waals surface area contributed by atoms with Crippen LogP contribution in [0.15, 0.2) is 18.2 Å². The lowest BCUT2D eigenvalue weighted by atomic mass is 10.1. The summed E-state index contributed by atoms with van der Waals surface area (Å²) in [7, 11) is 1.58.